The van der Waals surface area contributed by atoms with E-state index >= 15 is 9.59 Å². The van der Waals surface area contributed by atoms with Gasteiger partial charge in [-0.15, -0.1) is 0 Å². The van der Waals surface area contributed by atoms with E-state index in [-0.39, 0.29) is 32.7 Å². The summed E-state index contributed by atoms with van der Waals surface area (Å²) in [4.78, 5) is 36.8. The van der Waals surface area contributed by atoms with Crippen LogP contribution in [0.15, 0.2) is 279 Å². The summed E-state index contributed by atoms with van der Waals surface area (Å²) in [5.41, 5.74) is 9.17. The Bertz CT molecular complexity index is 3950. The molecule has 0 bridgehead atoms. The molecule has 10 aromatic carbocycles. The number of aliphatic hydroxyl groups is 2. The third-order valence-corrected chi connectivity index (χ3v) is 16.9. The molecule has 2 unspecified atom stereocenters. The lowest BCUT2D eigenvalue weighted by Crippen LogP contribution is -2.52. The van der Waals surface area contributed by atoms with Crippen LogP contribution < -0.4 is 18.9 Å². The summed E-state index contributed by atoms with van der Waals surface area (Å²) in [5.74, 6) is -3.44. The van der Waals surface area contributed by atoms with Gasteiger partial charge in [-0.1, -0.05) is 262 Å². The summed E-state index contributed by atoms with van der Waals surface area (Å²) in [6.45, 7) is 9.62. The van der Waals surface area contributed by atoms with E-state index in [2.05, 4.69) is 9.80 Å². The Morgan fingerprint density at radius 2 is 0.610 bits per heavy atom. The van der Waals surface area contributed by atoms with Crippen molar-refractivity contribution >= 4 is 11.9 Å². The molecule has 0 aromatic heterocycles. The number of esters is 2. The molecule has 14 nitrogen and oxygen atoms in total. The van der Waals surface area contributed by atoms with Crippen LogP contribution in [0.4, 0.5) is 0 Å². The summed E-state index contributed by atoms with van der Waals surface area (Å²) >= 11 is 0. The molecule has 0 fully saturated rings. The van der Waals surface area contributed by atoms with Crippen molar-refractivity contribution in [2.45, 2.75) is 136 Å². The fraction of sp³-hybridized carbons (Fsp3) is 0.279. The average molecular weight is 1350 g/mol. The lowest BCUT2D eigenvalue weighted by atomic mass is 9.98. The Morgan fingerprint density at radius 3 is 0.910 bits per heavy atom. The van der Waals surface area contributed by atoms with Crippen LogP contribution in [0.25, 0.3) is 0 Å². The molecular formula is C86H92N2O12. The number of hydrogen-bond donors (Lipinski definition) is 2. The highest BCUT2D eigenvalue weighted by Crippen LogP contribution is 2.35. The van der Waals surface area contributed by atoms with Crippen LogP contribution in [-0.2, 0) is 94.0 Å². The first-order valence-corrected chi connectivity index (χ1v) is 34.2. The molecule has 518 valence electrons. The molecule has 0 amide bonds. The molecule has 2 N–H and O–H groups in total. The van der Waals surface area contributed by atoms with Gasteiger partial charge in [0.05, 0.1) is 13.2 Å². The summed E-state index contributed by atoms with van der Waals surface area (Å²) in [5, 5.41) is 22.6. The van der Waals surface area contributed by atoms with Gasteiger partial charge in [-0.25, -0.2) is 0 Å². The van der Waals surface area contributed by atoms with Crippen molar-refractivity contribution in [3.8, 4) is 23.0 Å². The lowest BCUT2D eigenvalue weighted by Gasteiger charge is -2.37. The number of hydrogen-bond acceptors (Lipinski definition) is 14. The first-order chi connectivity index (χ1) is 48.5. The van der Waals surface area contributed by atoms with Gasteiger partial charge < -0.3 is 48.1 Å². The minimum absolute atomic E-state index is 0.114. The van der Waals surface area contributed by atoms with E-state index in [4.69, 9.17) is 37.9 Å². The minimum Gasteiger partial charge on any atom is -0.485 e. The highest BCUT2D eigenvalue weighted by molar-refractivity contribution is 5.78. The van der Waals surface area contributed by atoms with Crippen LogP contribution in [0.1, 0.15) is 90.3 Å². The first kappa shape index (κ1) is 72.8. The summed E-state index contributed by atoms with van der Waals surface area (Å²) < 4.78 is 52.7. The third-order valence-electron chi connectivity index (χ3n) is 16.9. The predicted molar refractivity (Wildman–Crippen MR) is 389 cm³/mol. The quantitative estimate of drug-likeness (QED) is 0.0278. The topological polar surface area (TPSA) is 155 Å². The fourth-order valence-electron chi connectivity index (χ4n) is 11.7. The summed E-state index contributed by atoms with van der Waals surface area (Å²) in [6, 6.07) is 88.8. The molecule has 10 aromatic rings. The highest BCUT2D eigenvalue weighted by atomic mass is 16.7. The smallest absolute Gasteiger partial charge is 0.324 e. The Hall–Kier alpha value is -9.90. The van der Waals surface area contributed by atoms with E-state index in [9.17, 15) is 10.2 Å². The first-order valence-electron chi connectivity index (χ1n) is 34.2. The maximum Gasteiger partial charge on any atom is 0.324 e. The SMILES string of the molecule is C[C@H](COC(C)(C)O)[C@@H](OC(=O)C(Cc1ccc(OCc2ccccc2)c(OCc2ccccc2)c1)N(Cc1ccccc1)Cc1ccccc1)[C@@H](COC(C)(C)O)OC(=O)C(Cc1ccc(OCc2ccccc2)c(OCc2ccccc2)c1)N(Cc1ccccc1)Cc1ccccc1. The number of benzene rings is 10. The molecule has 100 heavy (non-hydrogen) atoms. The van der Waals surface area contributed by atoms with Gasteiger partial charge in [-0.2, -0.15) is 0 Å². The molecule has 0 radical (unpaired) electrons. The molecule has 0 heterocycles. The Balaban J connectivity index is 1.06. The largest absolute Gasteiger partial charge is 0.485 e. The van der Waals surface area contributed by atoms with Crippen molar-refractivity contribution in [2.75, 3.05) is 13.2 Å². The molecule has 0 spiro atoms. The van der Waals surface area contributed by atoms with Gasteiger partial charge in [-0.3, -0.25) is 19.4 Å². The standard InChI is InChI=1S/C86H92N2O12/c1-64(58-97-85(2,3)91)82(100-84(90)76(88(56-67-34-18-8-19-35-67)57-68-36-20-9-21-37-68)51-74-47-49-78(94-60-70-40-24-11-25-41-70)80(53-74)96-62-72-44-28-13-29-45-72)81(63-98-86(4,5)92)99-83(89)75(87(54-65-30-14-6-15-31-65)55-66-32-16-7-17-33-66)50-73-46-48-77(93-59-69-38-22-10-23-39-69)79(52-73)95-61-71-42-26-12-27-43-71/h6-49,52-53,64,75-76,81-82,91-92H,50-51,54-63H2,1-5H3/t64-,75?,76?,81-,82-/m1/s1. The van der Waals surface area contributed by atoms with Crippen molar-refractivity contribution in [2.24, 2.45) is 5.92 Å². The zero-order valence-electron chi connectivity index (χ0n) is 57.8. The Labute approximate surface area is 589 Å². The number of nitrogens with zero attached hydrogens (tertiary/aromatic N) is 2. The molecule has 0 aliphatic heterocycles. The number of carbonyl (C=O) groups excluding carboxylic acids is 2. The van der Waals surface area contributed by atoms with Crippen molar-refractivity contribution in [3.05, 3.63) is 335 Å². The summed E-state index contributed by atoms with van der Waals surface area (Å²) in [6.07, 6.45) is -2.48. The Morgan fingerprint density at radius 1 is 0.340 bits per heavy atom. The van der Waals surface area contributed by atoms with Gasteiger partial charge in [0, 0.05) is 32.1 Å². The molecule has 5 atom stereocenters. The highest BCUT2D eigenvalue weighted by Gasteiger charge is 2.41. The molecule has 0 aliphatic rings. The van der Waals surface area contributed by atoms with E-state index in [1.165, 1.54) is 27.7 Å². The third kappa shape index (κ3) is 23.7. The second-order valence-electron chi connectivity index (χ2n) is 26.2. The van der Waals surface area contributed by atoms with Crippen LogP contribution in [0.3, 0.4) is 0 Å². The second-order valence-corrected chi connectivity index (χ2v) is 26.2. The normalized spacial score (nSPS) is 13.2. The van der Waals surface area contributed by atoms with Crippen LogP contribution in [-0.4, -0.2) is 81.0 Å². The van der Waals surface area contributed by atoms with Crippen molar-refractivity contribution in [3.63, 3.8) is 0 Å². The monoisotopic (exact) mass is 1340 g/mol. The average Bonchev–Trinajstić information content (AvgIpc) is 0.822. The van der Waals surface area contributed by atoms with Crippen LogP contribution in [0.2, 0.25) is 0 Å². The summed E-state index contributed by atoms with van der Waals surface area (Å²) in [7, 11) is 0. The van der Waals surface area contributed by atoms with Crippen molar-refractivity contribution < 1.29 is 57.7 Å². The van der Waals surface area contributed by atoms with E-state index in [0.29, 0.717) is 62.4 Å². The van der Waals surface area contributed by atoms with Gasteiger partial charge in [0.15, 0.2) is 40.7 Å². The molecule has 0 aliphatic carbocycles. The van der Waals surface area contributed by atoms with Crippen LogP contribution >= 0.6 is 0 Å². The maximum atomic E-state index is 16.3. The number of rotatable bonds is 38. The van der Waals surface area contributed by atoms with E-state index in [1.807, 2.05) is 286 Å². The zero-order chi connectivity index (χ0) is 69.9. The zero-order valence-corrected chi connectivity index (χ0v) is 57.8. The van der Waals surface area contributed by atoms with E-state index in [0.717, 1.165) is 55.6 Å². The molecular weight excluding hydrogens is 1250 g/mol. The van der Waals surface area contributed by atoms with E-state index < -0.39 is 60.3 Å². The van der Waals surface area contributed by atoms with Crippen LogP contribution in [0, 0.1) is 5.92 Å². The van der Waals surface area contributed by atoms with Gasteiger partial charge in [0.25, 0.3) is 0 Å². The van der Waals surface area contributed by atoms with Crippen molar-refractivity contribution in [1.82, 2.24) is 9.80 Å². The fourth-order valence-corrected chi connectivity index (χ4v) is 11.7. The number of ether oxygens (including phenoxy) is 8. The Kier molecular flexibility index (Phi) is 26.8. The van der Waals surface area contributed by atoms with Gasteiger partial charge >= 0.3 is 11.9 Å². The number of carbonyl (C=O) groups is 2. The van der Waals surface area contributed by atoms with Crippen LogP contribution in [0.5, 0.6) is 23.0 Å². The second kappa shape index (κ2) is 36.8. The molecule has 0 saturated carbocycles. The van der Waals surface area contributed by atoms with Gasteiger partial charge in [0.2, 0.25) is 0 Å². The van der Waals surface area contributed by atoms with Gasteiger partial charge in [0.1, 0.15) is 44.6 Å². The lowest BCUT2D eigenvalue weighted by molar-refractivity contribution is -0.224. The maximum absolute atomic E-state index is 16.3. The van der Waals surface area contributed by atoms with Gasteiger partial charge in [-0.05, 0) is 120 Å². The molecule has 10 rings (SSSR count). The molecule has 14 heteroatoms. The van der Waals surface area contributed by atoms with Crippen molar-refractivity contribution in [1.29, 1.82) is 0 Å². The molecule has 0 saturated heterocycles. The predicted octanol–water partition coefficient (Wildman–Crippen LogP) is 15.9. The van der Waals surface area contributed by atoms with E-state index in [1.54, 1.807) is 0 Å². The minimum atomic E-state index is -1.75.